The zero-order chi connectivity index (χ0) is 10.3. The lowest BCUT2D eigenvalue weighted by Gasteiger charge is -2.03. The maximum Gasteiger partial charge on any atom is 0.158 e. The highest BCUT2D eigenvalue weighted by Gasteiger charge is 2.13. The Morgan fingerprint density at radius 3 is 3.00 bits per heavy atom. The summed E-state index contributed by atoms with van der Waals surface area (Å²) in [6.45, 7) is -0.413. The molecule has 0 saturated carbocycles. The number of anilines is 1. The molecule has 0 saturated heterocycles. The van der Waals surface area contributed by atoms with Crippen molar-refractivity contribution in [3.05, 3.63) is 23.6 Å². The molecule has 0 amide bonds. The Morgan fingerprint density at radius 1 is 1.64 bits per heavy atom. The number of nitrogens with two attached hydrogens (primary N) is 1. The van der Waals surface area contributed by atoms with Crippen LogP contribution in [0.1, 0.15) is 5.56 Å². The van der Waals surface area contributed by atoms with E-state index in [9.17, 15) is 4.39 Å². The summed E-state index contributed by atoms with van der Waals surface area (Å²) in [5.74, 6) is -0.539. The summed E-state index contributed by atoms with van der Waals surface area (Å²) in [6.07, 6.45) is 1.68. The van der Waals surface area contributed by atoms with E-state index in [-0.39, 0.29) is 16.8 Å². The van der Waals surface area contributed by atoms with Crippen LogP contribution in [-0.4, -0.2) is 14.9 Å². The Labute approximate surface area is 79.7 Å². The molecule has 0 atom stereocenters. The number of aryl methyl sites for hydroxylation is 1. The van der Waals surface area contributed by atoms with Gasteiger partial charge >= 0.3 is 0 Å². The third-order valence-corrected chi connectivity index (χ3v) is 2.15. The molecular formula is C9H10FN3O. The van der Waals surface area contributed by atoms with Crippen LogP contribution in [0.5, 0.6) is 0 Å². The minimum Gasteiger partial charge on any atom is -0.398 e. The van der Waals surface area contributed by atoms with Crippen molar-refractivity contribution in [2.75, 3.05) is 5.73 Å². The van der Waals surface area contributed by atoms with Crippen LogP contribution in [0.4, 0.5) is 10.1 Å². The van der Waals surface area contributed by atoms with E-state index >= 15 is 0 Å². The van der Waals surface area contributed by atoms with Crippen LogP contribution in [-0.2, 0) is 13.7 Å². The van der Waals surface area contributed by atoms with Crippen molar-refractivity contribution in [3.8, 4) is 0 Å². The average molecular weight is 195 g/mol. The van der Waals surface area contributed by atoms with Crippen molar-refractivity contribution in [1.29, 1.82) is 0 Å². The van der Waals surface area contributed by atoms with Gasteiger partial charge in [0.2, 0.25) is 0 Å². The summed E-state index contributed by atoms with van der Waals surface area (Å²) >= 11 is 0. The van der Waals surface area contributed by atoms with Gasteiger partial charge in [-0.1, -0.05) is 0 Å². The van der Waals surface area contributed by atoms with Crippen LogP contribution < -0.4 is 5.73 Å². The van der Waals surface area contributed by atoms with E-state index in [0.29, 0.717) is 5.39 Å². The van der Waals surface area contributed by atoms with E-state index in [0.717, 1.165) is 0 Å². The quantitative estimate of drug-likeness (QED) is 0.661. The van der Waals surface area contributed by atoms with Gasteiger partial charge in [-0.15, -0.1) is 0 Å². The van der Waals surface area contributed by atoms with Gasteiger partial charge in [0, 0.05) is 29.9 Å². The molecule has 0 aliphatic rings. The molecule has 0 spiro atoms. The van der Waals surface area contributed by atoms with Gasteiger partial charge < -0.3 is 10.8 Å². The third-order valence-electron chi connectivity index (χ3n) is 2.15. The number of benzene rings is 1. The normalized spacial score (nSPS) is 11.1. The van der Waals surface area contributed by atoms with Gasteiger partial charge in [0.15, 0.2) is 5.82 Å². The second kappa shape index (κ2) is 2.95. The minimum absolute atomic E-state index is 0.108. The Kier molecular flexibility index (Phi) is 1.89. The summed E-state index contributed by atoms with van der Waals surface area (Å²) in [5.41, 5.74) is 6.17. The fraction of sp³-hybridized carbons (Fsp3) is 0.222. The second-order valence-electron chi connectivity index (χ2n) is 3.16. The second-order valence-corrected chi connectivity index (χ2v) is 3.16. The number of nitrogen functional groups attached to an aromatic ring is 1. The molecule has 3 N–H and O–H groups in total. The lowest BCUT2D eigenvalue weighted by atomic mass is 10.1. The molecule has 2 aromatic rings. The number of aromatic nitrogens is 2. The number of halogens is 1. The number of aliphatic hydroxyl groups is 1. The largest absolute Gasteiger partial charge is 0.398 e. The van der Waals surface area contributed by atoms with Gasteiger partial charge in [-0.2, -0.15) is 5.10 Å². The van der Waals surface area contributed by atoms with E-state index in [1.54, 1.807) is 19.3 Å². The zero-order valence-electron chi connectivity index (χ0n) is 7.66. The van der Waals surface area contributed by atoms with E-state index in [1.165, 1.54) is 4.68 Å². The Hall–Kier alpha value is -1.62. The Morgan fingerprint density at radius 2 is 2.36 bits per heavy atom. The van der Waals surface area contributed by atoms with Crippen LogP contribution in [0.25, 0.3) is 10.9 Å². The molecule has 74 valence electrons. The average Bonchev–Trinajstić information content (AvgIpc) is 2.47. The van der Waals surface area contributed by atoms with Crippen molar-refractivity contribution < 1.29 is 9.50 Å². The molecule has 1 aromatic heterocycles. The number of fused-ring (bicyclic) bond motifs is 1. The monoisotopic (exact) mass is 195 g/mol. The van der Waals surface area contributed by atoms with Gasteiger partial charge in [0.05, 0.1) is 6.61 Å². The van der Waals surface area contributed by atoms with Crippen LogP contribution in [0, 0.1) is 5.82 Å². The third kappa shape index (κ3) is 1.13. The lowest BCUT2D eigenvalue weighted by Crippen LogP contribution is -1.98. The molecule has 14 heavy (non-hydrogen) atoms. The predicted molar refractivity (Wildman–Crippen MR) is 51.0 cm³/mol. The highest BCUT2D eigenvalue weighted by Crippen LogP contribution is 2.25. The van der Waals surface area contributed by atoms with Gasteiger partial charge in [-0.05, 0) is 6.07 Å². The molecule has 2 rings (SSSR count). The fourth-order valence-corrected chi connectivity index (χ4v) is 1.47. The van der Waals surface area contributed by atoms with Crippen LogP contribution in [0.3, 0.4) is 0 Å². The van der Waals surface area contributed by atoms with Gasteiger partial charge in [-0.25, -0.2) is 4.39 Å². The molecule has 0 radical (unpaired) electrons. The number of hydrogen-bond donors (Lipinski definition) is 2. The van der Waals surface area contributed by atoms with Crippen LogP contribution >= 0.6 is 0 Å². The molecular weight excluding hydrogens is 185 g/mol. The lowest BCUT2D eigenvalue weighted by molar-refractivity contribution is 0.277. The van der Waals surface area contributed by atoms with E-state index < -0.39 is 12.4 Å². The van der Waals surface area contributed by atoms with Crippen molar-refractivity contribution in [2.24, 2.45) is 7.05 Å². The first-order valence-corrected chi connectivity index (χ1v) is 4.14. The van der Waals surface area contributed by atoms with Gasteiger partial charge in [0.1, 0.15) is 5.52 Å². The zero-order valence-corrected chi connectivity index (χ0v) is 7.66. The fourth-order valence-electron chi connectivity index (χ4n) is 1.47. The smallest absolute Gasteiger partial charge is 0.158 e. The van der Waals surface area contributed by atoms with Crippen LogP contribution in [0.15, 0.2) is 12.3 Å². The number of nitrogens with zero attached hydrogens (tertiary/aromatic N) is 2. The number of aliphatic hydroxyl groups excluding tert-OH is 1. The Bertz CT molecular complexity index is 492. The SMILES string of the molecule is Cn1cc2cc(N)c(CO)c(F)c2n1. The first-order valence-electron chi connectivity index (χ1n) is 4.14. The molecule has 5 heteroatoms. The van der Waals surface area contributed by atoms with Crippen molar-refractivity contribution in [1.82, 2.24) is 9.78 Å². The molecule has 0 fully saturated rings. The van der Waals surface area contributed by atoms with E-state index in [1.807, 2.05) is 0 Å². The molecule has 0 unspecified atom stereocenters. The van der Waals surface area contributed by atoms with Gasteiger partial charge in [-0.3, -0.25) is 4.68 Å². The number of hydrogen-bond acceptors (Lipinski definition) is 3. The topological polar surface area (TPSA) is 64.1 Å². The number of rotatable bonds is 1. The van der Waals surface area contributed by atoms with E-state index in [4.69, 9.17) is 10.8 Å². The van der Waals surface area contributed by atoms with Crippen LogP contribution in [0.2, 0.25) is 0 Å². The molecule has 0 aliphatic carbocycles. The first kappa shape index (κ1) is 8.96. The molecule has 0 bridgehead atoms. The molecule has 4 nitrogen and oxygen atoms in total. The maximum absolute atomic E-state index is 13.6. The summed E-state index contributed by atoms with van der Waals surface area (Å²) in [5, 5.41) is 13.5. The predicted octanol–water partition coefficient (Wildman–Crippen LogP) is 0.787. The van der Waals surface area contributed by atoms with Crippen molar-refractivity contribution >= 4 is 16.6 Å². The Balaban J connectivity index is 2.84. The molecule has 0 aliphatic heterocycles. The van der Waals surface area contributed by atoms with Crippen molar-refractivity contribution in [2.45, 2.75) is 6.61 Å². The summed E-state index contributed by atoms with van der Waals surface area (Å²) in [7, 11) is 1.70. The molecule has 1 aromatic carbocycles. The van der Waals surface area contributed by atoms with Gasteiger partial charge in [0.25, 0.3) is 0 Å². The standard InChI is InChI=1S/C9H10FN3O/c1-13-3-5-2-7(11)6(4-14)8(10)9(5)12-13/h2-3,14H,4,11H2,1H3. The van der Waals surface area contributed by atoms with Crippen molar-refractivity contribution in [3.63, 3.8) is 0 Å². The summed E-state index contributed by atoms with van der Waals surface area (Å²) in [6, 6.07) is 1.61. The minimum atomic E-state index is -0.539. The highest BCUT2D eigenvalue weighted by atomic mass is 19.1. The summed E-state index contributed by atoms with van der Waals surface area (Å²) in [4.78, 5) is 0. The molecule has 1 heterocycles. The summed E-state index contributed by atoms with van der Waals surface area (Å²) < 4.78 is 15.1. The highest BCUT2D eigenvalue weighted by molar-refractivity contribution is 5.83. The first-order chi connectivity index (χ1) is 6.63. The van der Waals surface area contributed by atoms with E-state index in [2.05, 4.69) is 5.10 Å². The maximum atomic E-state index is 13.6.